The Labute approximate surface area is 80.2 Å². The van der Waals surface area contributed by atoms with E-state index in [9.17, 15) is 10.2 Å². The summed E-state index contributed by atoms with van der Waals surface area (Å²) in [5.74, 6) is 0. The van der Waals surface area contributed by atoms with Gasteiger partial charge in [-0.25, -0.2) is 0 Å². The summed E-state index contributed by atoms with van der Waals surface area (Å²) in [6.07, 6.45) is -5.84. The maximum Gasteiger partial charge on any atom is 0.184 e. The molecule has 4 N–H and O–H groups in total. The molecule has 0 spiro atoms. The zero-order valence-corrected chi connectivity index (χ0v) is 7.52. The molecule has 0 aromatic rings. The lowest BCUT2D eigenvalue weighted by Gasteiger charge is -2.36. The molecular formula is C7H13NO6. The first kappa shape index (κ1) is 11.3. The van der Waals surface area contributed by atoms with E-state index >= 15 is 0 Å². The highest BCUT2D eigenvalue weighted by molar-refractivity contribution is 5.63. The summed E-state index contributed by atoms with van der Waals surface area (Å²) in [7, 11) is 1.30. The summed E-state index contributed by atoms with van der Waals surface area (Å²) in [6, 6.07) is 0. The number of hydrogen-bond acceptors (Lipinski definition) is 7. The quantitative estimate of drug-likeness (QED) is 0.292. The molecule has 1 aliphatic rings. The molecule has 0 amide bonds. The number of oxime groups is 1. The number of nitrogens with zero attached hydrogens (tertiary/aromatic N) is 1. The Morgan fingerprint density at radius 2 is 1.79 bits per heavy atom. The molecule has 7 nitrogen and oxygen atoms in total. The topological polar surface area (TPSA) is 112 Å². The lowest BCUT2D eigenvalue weighted by atomic mass is 10.00. The molecule has 0 radical (unpaired) electrons. The number of ether oxygens (including phenoxy) is 1. The molecule has 1 rings (SSSR count). The summed E-state index contributed by atoms with van der Waals surface area (Å²) in [6.45, 7) is 0. The van der Waals surface area contributed by atoms with Crippen LogP contribution in [0.2, 0.25) is 0 Å². The number of rotatable bonds is 2. The Morgan fingerprint density at radius 1 is 1.14 bits per heavy atom. The van der Waals surface area contributed by atoms with Gasteiger partial charge in [-0.3, -0.25) is 0 Å². The van der Waals surface area contributed by atoms with Gasteiger partial charge >= 0.3 is 0 Å². The van der Waals surface area contributed by atoms with Crippen molar-refractivity contribution in [3.05, 3.63) is 0 Å². The Bertz CT molecular complexity index is 210. The van der Waals surface area contributed by atoms with E-state index in [2.05, 4.69) is 9.99 Å². The molecule has 14 heavy (non-hydrogen) atoms. The molecule has 0 aromatic heterocycles. The highest BCUT2D eigenvalue weighted by Gasteiger charge is 2.42. The second-order valence-corrected chi connectivity index (χ2v) is 2.90. The molecular weight excluding hydrogens is 194 g/mol. The van der Waals surface area contributed by atoms with Gasteiger partial charge in [0, 0.05) is 0 Å². The van der Waals surface area contributed by atoms with Gasteiger partial charge in [0.2, 0.25) is 0 Å². The van der Waals surface area contributed by atoms with E-state index in [1.807, 2.05) is 0 Å². The van der Waals surface area contributed by atoms with Crippen molar-refractivity contribution < 1.29 is 30.0 Å². The molecule has 5 atom stereocenters. The van der Waals surface area contributed by atoms with Crippen LogP contribution in [-0.4, -0.2) is 64.5 Å². The van der Waals surface area contributed by atoms with Crippen LogP contribution >= 0.6 is 0 Å². The molecule has 0 saturated carbocycles. The van der Waals surface area contributed by atoms with Gasteiger partial charge in [0.1, 0.15) is 31.5 Å². The minimum Gasteiger partial charge on any atom is -0.399 e. The normalized spacial score (nSPS) is 44.2. The van der Waals surface area contributed by atoms with Crippen LogP contribution in [0.3, 0.4) is 0 Å². The van der Waals surface area contributed by atoms with Crippen molar-refractivity contribution in [1.82, 2.24) is 0 Å². The molecule has 1 heterocycles. The SMILES string of the molecule is CO/N=C/[C@H]1OC(O)[C@H](O)[C@@H](O)[C@@H]1O. The fourth-order valence-electron chi connectivity index (χ4n) is 1.13. The van der Waals surface area contributed by atoms with Gasteiger partial charge in [-0.1, -0.05) is 5.16 Å². The van der Waals surface area contributed by atoms with E-state index in [4.69, 9.17) is 14.9 Å². The largest absolute Gasteiger partial charge is 0.399 e. The summed E-state index contributed by atoms with van der Waals surface area (Å²) < 4.78 is 4.75. The smallest absolute Gasteiger partial charge is 0.184 e. The van der Waals surface area contributed by atoms with Gasteiger partial charge in [-0.05, 0) is 0 Å². The first-order valence-electron chi connectivity index (χ1n) is 4.02. The molecule has 0 bridgehead atoms. The minimum absolute atomic E-state index is 1.01. The molecule has 1 saturated heterocycles. The van der Waals surface area contributed by atoms with Crippen LogP contribution in [-0.2, 0) is 9.57 Å². The van der Waals surface area contributed by atoms with Gasteiger partial charge in [-0.15, -0.1) is 0 Å². The first-order chi connectivity index (χ1) is 6.57. The van der Waals surface area contributed by atoms with Crippen molar-refractivity contribution in [3.63, 3.8) is 0 Å². The van der Waals surface area contributed by atoms with E-state index < -0.39 is 30.7 Å². The van der Waals surface area contributed by atoms with Crippen molar-refractivity contribution in [3.8, 4) is 0 Å². The lowest BCUT2D eigenvalue weighted by Crippen LogP contribution is -2.57. The van der Waals surface area contributed by atoms with Crippen molar-refractivity contribution in [2.75, 3.05) is 7.11 Å². The van der Waals surface area contributed by atoms with Crippen LogP contribution in [0, 0.1) is 0 Å². The van der Waals surface area contributed by atoms with Crippen molar-refractivity contribution in [1.29, 1.82) is 0 Å². The number of aliphatic hydroxyl groups excluding tert-OH is 4. The summed E-state index contributed by atoms with van der Waals surface area (Å²) in [5, 5.41) is 40.1. The second kappa shape index (κ2) is 4.67. The Kier molecular flexibility index (Phi) is 3.78. The third-order valence-electron chi connectivity index (χ3n) is 1.94. The zero-order chi connectivity index (χ0) is 10.7. The third-order valence-corrected chi connectivity index (χ3v) is 1.94. The zero-order valence-electron chi connectivity index (χ0n) is 7.52. The molecule has 1 aliphatic heterocycles. The predicted octanol–water partition coefficient (Wildman–Crippen LogP) is -2.58. The van der Waals surface area contributed by atoms with Crippen LogP contribution in [0.1, 0.15) is 0 Å². The summed E-state index contributed by atoms with van der Waals surface area (Å²) in [5.41, 5.74) is 0. The highest BCUT2D eigenvalue weighted by Crippen LogP contribution is 2.18. The molecule has 0 aromatic carbocycles. The van der Waals surface area contributed by atoms with E-state index in [1.54, 1.807) is 0 Å². The standard InChI is InChI=1S/C7H13NO6/c1-13-8-2-3-4(9)5(10)6(11)7(12)14-3/h2-7,9-12H,1H3/b8-2+/t3-,4-,5+,6-,7?/m1/s1. The van der Waals surface area contributed by atoms with Crippen molar-refractivity contribution >= 4 is 6.21 Å². The average Bonchev–Trinajstić information content (AvgIpc) is 2.18. The van der Waals surface area contributed by atoms with Crippen LogP contribution < -0.4 is 0 Å². The van der Waals surface area contributed by atoms with E-state index in [0.29, 0.717) is 0 Å². The Morgan fingerprint density at radius 3 is 2.36 bits per heavy atom. The number of hydrogen-bond donors (Lipinski definition) is 4. The van der Waals surface area contributed by atoms with Gasteiger partial charge in [0.15, 0.2) is 6.29 Å². The van der Waals surface area contributed by atoms with Crippen molar-refractivity contribution in [2.24, 2.45) is 5.16 Å². The molecule has 0 aliphatic carbocycles. The lowest BCUT2D eigenvalue weighted by molar-refractivity contribution is -0.266. The van der Waals surface area contributed by atoms with Gasteiger partial charge < -0.3 is 30.0 Å². The van der Waals surface area contributed by atoms with Gasteiger partial charge in [0.25, 0.3) is 0 Å². The number of aliphatic hydroxyl groups is 4. The fraction of sp³-hybridized carbons (Fsp3) is 0.857. The predicted molar refractivity (Wildman–Crippen MR) is 44.4 cm³/mol. The highest BCUT2D eigenvalue weighted by atomic mass is 16.6. The Balaban J connectivity index is 2.65. The summed E-state index contributed by atoms with van der Waals surface area (Å²) in [4.78, 5) is 4.34. The Hall–Kier alpha value is -0.730. The average molecular weight is 207 g/mol. The van der Waals surface area contributed by atoms with E-state index in [0.717, 1.165) is 6.21 Å². The van der Waals surface area contributed by atoms with Crippen LogP contribution in [0.15, 0.2) is 5.16 Å². The van der Waals surface area contributed by atoms with Crippen molar-refractivity contribution in [2.45, 2.75) is 30.7 Å². The minimum atomic E-state index is -1.55. The van der Waals surface area contributed by atoms with Crippen LogP contribution in [0.4, 0.5) is 0 Å². The van der Waals surface area contributed by atoms with Crippen LogP contribution in [0.5, 0.6) is 0 Å². The molecule has 7 heteroatoms. The maximum atomic E-state index is 9.36. The maximum absolute atomic E-state index is 9.36. The first-order valence-corrected chi connectivity index (χ1v) is 4.02. The summed E-state index contributed by atoms with van der Waals surface area (Å²) >= 11 is 0. The molecule has 1 fully saturated rings. The fourth-order valence-corrected chi connectivity index (χ4v) is 1.13. The van der Waals surface area contributed by atoms with E-state index in [1.165, 1.54) is 7.11 Å². The van der Waals surface area contributed by atoms with Gasteiger partial charge in [-0.2, -0.15) is 0 Å². The second-order valence-electron chi connectivity index (χ2n) is 2.90. The molecule has 82 valence electrons. The van der Waals surface area contributed by atoms with Crippen LogP contribution in [0.25, 0.3) is 0 Å². The molecule has 1 unspecified atom stereocenters. The monoisotopic (exact) mass is 207 g/mol. The van der Waals surface area contributed by atoms with E-state index in [-0.39, 0.29) is 0 Å². The van der Waals surface area contributed by atoms with Gasteiger partial charge in [0.05, 0.1) is 6.21 Å². The third kappa shape index (κ3) is 2.20.